The van der Waals surface area contributed by atoms with Crippen molar-refractivity contribution in [1.82, 2.24) is 15.4 Å². The van der Waals surface area contributed by atoms with E-state index < -0.39 is 23.6 Å². The minimum atomic E-state index is -4.60. The van der Waals surface area contributed by atoms with E-state index in [0.717, 1.165) is 11.8 Å². The first-order valence-electron chi connectivity index (χ1n) is 5.76. The van der Waals surface area contributed by atoms with Gasteiger partial charge in [-0.3, -0.25) is 5.43 Å². The highest BCUT2D eigenvalue weighted by atomic mass is 32.2. The number of nitrogens with one attached hydrogen (secondary N) is 2. The van der Waals surface area contributed by atoms with Gasteiger partial charge in [0.25, 0.3) is 0 Å². The first-order valence-corrected chi connectivity index (χ1v) is 6.99. The number of rotatable bonds is 3. The molecular weight excluding hydrogens is 309 g/mol. The molecule has 6 nitrogen and oxygen atoms in total. The first kappa shape index (κ1) is 17.3. The third-order valence-corrected chi connectivity index (χ3v) is 2.42. The van der Waals surface area contributed by atoms with E-state index >= 15 is 0 Å². The molecular formula is C11H15F3N4O2S. The van der Waals surface area contributed by atoms with Crippen molar-refractivity contribution in [3.8, 4) is 0 Å². The predicted molar refractivity (Wildman–Crippen MR) is 71.8 cm³/mol. The monoisotopic (exact) mass is 324 g/mol. The maximum Gasteiger partial charge on any atom is 0.433 e. The van der Waals surface area contributed by atoms with Crippen LogP contribution in [0.25, 0.3) is 0 Å². The zero-order valence-electron chi connectivity index (χ0n) is 11.8. The van der Waals surface area contributed by atoms with E-state index in [9.17, 15) is 18.0 Å². The highest BCUT2D eigenvalue weighted by Crippen LogP contribution is 2.29. The van der Waals surface area contributed by atoms with Gasteiger partial charge in [-0.15, -0.1) is 0 Å². The molecule has 0 radical (unpaired) electrons. The number of carbonyl (C=O) groups is 1. The number of halogens is 3. The van der Waals surface area contributed by atoms with Crippen LogP contribution in [0.4, 0.5) is 23.8 Å². The number of nitrogens with zero attached hydrogens (tertiary/aromatic N) is 2. The standard InChI is InChI=1S/C11H15F3N4O2S/c1-10(2,3)20-9(19)18-17-7-5-6(11(12,13)14)15-8(16-7)21-4/h5H,1-4H3,(H,18,19)(H,15,16,17). The van der Waals surface area contributed by atoms with Crippen molar-refractivity contribution in [2.24, 2.45) is 0 Å². The molecule has 0 aliphatic rings. The highest BCUT2D eigenvalue weighted by molar-refractivity contribution is 7.98. The third-order valence-electron chi connectivity index (χ3n) is 1.87. The van der Waals surface area contributed by atoms with Gasteiger partial charge in [0, 0.05) is 6.07 Å². The van der Waals surface area contributed by atoms with E-state index in [2.05, 4.69) is 20.8 Å². The molecule has 0 aliphatic heterocycles. The SMILES string of the molecule is CSc1nc(NNC(=O)OC(C)(C)C)cc(C(F)(F)F)n1. The normalized spacial score (nSPS) is 12.0. The second-order valence-corrected chi connectivity index (χ2v) is 5.65. The maximum absolute atomic E-state index is 12.7. The zero-order valence-corrected chi connectivity index (χ0v) is 12.6. The lowest BCUT2D eigenvalue weighted by Gasteiger charge is -2.20. The topological polar surface area (TPSA) is 76.1 Å². The van der Waals surface area contributed by atoms with Crippen LogP contribution in [0.2, 0.25) is 0 Å². The van der Waals surface area contributed by atoms with E-state index in [1.807, 2.05) is 0 Å². The van der Waals surface area contributed by atoms with Crippen LogP contribution < -0.4 is 10.9 Å². The number of hydrazine groups is 1. The number of aromatic nitrogens is 2. The second-order valence-electron chi connectivity index (χ2n) is 4.87. The van der Waals surface area contributed by atoms with Gasteiger partial charge in [0.2, 0.25) is 0 Å². The summed E-state index contributed by atoms with van der Waals surface area (Å²) in [7, 11) is 0. The summed E-state index contributed by atoms with van der Waals surface area (Å²) in [5.41, 5.74) is 2.55. The van der Waals surface area contributed by atoms with Gasteiger partial charge in [0.05, 0.1) is 0 Å². The summed E-state index contributed by atoms with van der Waals surface area (Å²) in [6, 6.07) is 0.692. The zero-order chi connectivity index (χ0) is 16.3. The molecule has 0 fully saturated rings. The van der Waals surface area contributed by atoms with E-state index in [1.165, 1.54) is 0 Å². The molecule has 21 heavy (non-hydrogen) atoms. The summed E-state index contributed by atoms with van der Waals surface area (Å²) in [5, 5.41) is -0.0710. The molecule has 118 valence electrons. The molecule has 2 N–H and O–H groups in total. The summed E-state index contributed by atoms with van der Waals surface area (Å²) >= 11 is 0.951. The van der Waals surface area contributed by atoms with Gasteiger partial charge < -0.3 is 4.74 Å². The van der Waals surface area contributed by atoms with Crippen LogP contribution in [0.15, 0.2) is 11.2 Å². The van der Waals surface area contributed by atoms with E-state index in [0.29, 0.717) is 6.07 Å². The third kappa shape index (κ3) is 6.06. The fourth-order valence-electron chi connectivity index (χ4n) is 1.14. The molecule has 10 heteroatoms. The molecule has 0 saturated carbocycles. The second kappa shape index (κ2) is 6.37. The minimum absolute atomic E-state index is 0.0710. The number of ether oxygens (including phenoxy) is 1. The Bertz CT molecular complexity index is 517. The Morgan fingerprint density at radius 1 is 1.29 bits per heavy atom. The number of anilines is 1. The lowest BCUT2D eigenvalue weighted by molar-refractivity contribution is -0.141. The number of hydrogen-bond donors (Lipinski definition) is 2. The molecule has 0 unspecified atom stereocenters. The lowest BCUT2D eigenvalue weighted by atomic mass is 10.2. The number of amides is 1. The maximum atomic E-state index is 12.7. The van der Waals surface area contributed by atoms with Crippen molar-refractivity contribution in [2.45, 2.75) is 37.7 Å². The molecule has 0 bridgehead atoms. The van der Waals surface area contributed by atoms with Gasteiger partial charge in [-0.25, -0.2) is 20.2 Å². The van der Waals surface area contributed by atoms with Gasteiger partial charge in [-0.2, -0.15) is 13.2 Å². The summed E-state index contributed by atoms with van der Waals surface area (Å²) in [6.45, 7) is 4.97. The van der Waals surface area contributed by atoms with Crippen LogP contribution in [0.1, 0.15) is 26.5 Å². The summed E-state index contributed by atoms with van der Waals surface area (Å²) in [5.74, 6) is -0.187. The Morgan fingerprint density at radius 3 is 2.38 bits per heavy atom. The Hall–Kier alpha value is -1.71. The molecule has 1 heterocycles. The van der Waals surface area contributed by atoms with Crippen molar-refractivity contribution >= 4 is 23.7 Å². The van der Waals surface area contributed by atoms with Gasteiger partial charge >= 0.3 is 12.3 Å². The van der Waals surface area contributed by atoms with Gasteiger partial charge in [0.15, 0.2) is 10.9 Å². The summed E-state index contributed by atoms with van der Waals surface area (Å²) in [4.78, 5) is 18.6. The first-order chi connectivity index (χ1) is 9.51. The van der Waals surface area contributed by atoms with Gasteiger partial charge in [0.1, 0.15) is 11.4 Å². The van der Waals surface area contributed by atoms with E-state index in [-0.39, 0.29) is 11.0 Å². The average molecular weight is 324 g/mol. The highest BCUT2D eigenvalue weighted by Gasteiger charge is 2.33. The largest absolute Gasteiger partial charge is 0.443 e. The molecule has 0 saturated heterocycles. The fourth-order valence-corrected chi connectivity index (χ4v) is 1.52. The predicted octanol–water partition coefficient (Wildman–Crippen LogP) is 3.07. The number of carbonyl (C=O) groups excluding carboxylic acids is 1. The molecule has 0 aromatic carbocycles. The summed E-state index contributed by atoms with van der Waals surface area (Å²) < 4.78 is 42.9. The van der Waals surface area contributed by atoms with Crippen molar-refractivity contribution in [1.29, 1.82) is 0 Å². The molecule has 1 aromatic heterocycles. The molecule has 1 aromatic rings. The summed E-state index contributed by atoms with van der Waals surface area (Å²) in [6.07, 6.45) is -3.89. The number of hydrogen-bond acceptors (Lipinski definition) is 6. The smallest absolute Gasteiger partial charge is 0.433 e. The quantitative estimate of drug-likeness (QED) is 0.505. The van der Waals surface area contributed by atoms with Crippen LogP contribution >= 0.6 is 11.8 Å². The van der Waals surface area contributed by atoms with Crippen LogP contribution in [0.5, 0.6) is 0 Å². The Kier molecular flexibility index (Phi) is 5.26. The van der Waals surface area contributed by atoms with E-state index in [1.54, 1.807) is 27.0 Å². The number of alkyl halides is 3. The Labute approximate surface area is 123 Å². The van der Waals surface area contributed by atoms with Crippen LogP contribution in [0, 0.1) is 0 Å². The van der Waals surface area contributed by atoms with Gasteiger partial charge in [-0.1, -0.05) is 11.8 Å². The molecule has 0 aliphatic carbocycles. The Balaban J connectivity index is 2.82. The van der Waals surface area contributed by atoms with Crippen LogP contribution in [0.3, 0.4) is 0 Å². The van der Waals surface area contributed by atoms with Crippen molar-refractivity contribution in [3.63, 3.8) is 0 Å². The fraction of sp³-hybridized carbons (Fsp3) is 0.545. The molecule has 0 atom stereocenters. The van der Waals surface area contributed by atoms with E-state index in [4.69, 9.17) is 4.74 Å². The van der Waals surface area contributed by atoms with Crippen molar-refractivity contribution in [3.05, 3.63) is 11.8 Å². The van der Waals surface area contributed by atoms with Crippen molar-refractivity contribution < 1.29 is 22.7 Å². The lowest BCUT2D eigenvalue weighted by Crippen LogP contribution is -2.36. The molecule has 0 spiro atoms. The minimum Gasteiger partial charge on any atom is -0.443 e. The average Bonchev–Trinajstić information content (AvgIpc) is 2.33. The Morgan fingerprint density at radius 2 is 1.90 bits per heavy atom. The van der Waals surface area contributed by atoms with Crippen LogP contribution in [-0.2, 0) is 10.9 Å². The van der Waals surface area contributed by atoms with Crippen molar-refractivity contribution in [2.75, 3.05) is 11.7 Å². The molecule has 1 rings (SSSR count). The van der Waals surface area contributed by atoms with Crippen LogP contribution in [-0.4, -0.2) is 27.9 Å². The number of thioether (sulfide) groups is 1. The molecule has 1 amide bonds. The van der Waals surface area contributed by atoms with Gasteiger partial charge in [-0.05, 0) is 27.0 Å².